The van der Waals surface area contributed by atoms with Crippen molar-refractivity contribution in [3.63, 3.8) is 0 Å². The molecule has 0 bridgehead atoms. The molecule has 0 aliphatic carbocycles. The van der Waals surface area contributed by atoms with Crippen molar-refractivity contribution in [2.24, 2.45) is 0 Å². The molecule has 1 aliphatic heterocycles. The van der Waals surface area contributed by atoms with Crippen LogP contribution in [0.2, 0.25) is 0 Å². The Hall–Kier alpha value is -1.86. The molecule has 0 radical (unpaired) electrons. The summed E-state index contributed by atoms with van der Waals surface area (Å²) in [6, 6.07) is 5.71. The molecule has 2 atom stereocenters. The van der Waals surface area contributed by atoms with Gasteiger partial charge >= 0.3 is 12.1 Å². The first kappa shape index (κ1) is 17.0. The summed E-state index contributed by atoms with van der Waals surface area (Å²) in [7, 11) is 0. The van der Waals surface area contributed by atoms with Gasteiger partial charge in [-0.25, -0.2) is 0 Å². The minimum Gasteiger partial charge on any atom is -0.480 e. The number of aliphatic carboxylic acids is 1. The average Bonchev–Trinajstić information content (AvgIpc) is 3.19. The molecule has 128 valence electrons. The topological polar surface area (TPSA) is 40.5 Å². The molecule has 0 saturated carbocycles. The van der Waals surface area contributed by atoms with Gasteiger partial charge in [0, 0.05) is 6.54 Å². The summed E-state index contributed by atoms with van der Waals surface area (Å²) in [5.74, 6) is -0.989. The minimum atomic E-state index is -4.48. The highest BCUT2D eigenvalue weighted by Gasteiger charge is 2.41. The standard InChI is InChI=1S/C17H16F3NO2S/c18-17(19,20)13-5-2-1-4-12(13)15(11-7-9-24-10-11)21-8-3-6-14(21)16(22)23/h1-2,4-5,7,9-10,14-15H,3,6,8H2,(H,22,23). The highest BCUT2D eigenvalue weighted by atomic mass is 32.1. The van der Waals surface area contributed by atoms with Gasteiger partial charge in [0.1, 0.15) is 6.04 Å². The van der Waals surface area contributed by atoms with E-state index in [1.54, 1.807) is 27.8 Å². The Bertz CT molecular complexity index is 715. The molecule has 3 rings (SSSR count). The second-order valence-electron chi connectivity index (χ2n) is 5.78. The van der Waals surface area contributed by atoms with E-state index in [1.165, 1.54) is 23.5 Å². The first-order valence-corrected chi connectivity index (χ1v) is 8.50. The largest absolute Gasteiger partial charge is 0.480 e. The van der Waals surface area contributed by atoms with Gasteiger partial charge in [-0.15, -0.1) is 0 Å². The molecule has 2 aromatic rings. The van der Waals surface area contributed by atoms with E-state index in [9.17, 15) is 23.1 Å². The molecule has 24 heavy (non-hydrogen) atoms. The molecule has 2 unspecified atom stereocenters. The predicted octanol–water partition coefficient (Wildman–Crippen LogP) is 4.41. The number of rotatable bonds is 4. The zero-order chi connectivity index (χ0) is 17.3. The zero-order valence-electron chi connectivity index (χ0n) is 12.7. The highest BCUT2D eigenvalue weighted by molar-refractivity contribution is 7.08. The minimum absolute atomic E-state index is 0.108. The van der Waals surface area contributed by atoms with Gasteiger partial charge < -0.3 is 5.11 Å². The van der Waals surface area contributed by atoms with E-state index in [1.807, 2.05) is 0 Å². The molecule has 1 N–H and O–H groups in total. The Balaban J connectivity index is 2.13. The predicted molar refractivity (Wildman–Crippen MR) is 85.0 cm³/mol. The van der Waals surface area contributed by atoms with Crippen molar-refractivity contribution < 1.29 is 23.1 Å². The lowest BCUT2D eigenvalue weighted by atomic mass is 9.93. The van der Waals surface area contributed by atoms with E-state index < -0.39 is 29.8 Å². The summed E-state index contributed by atoms with van der Waals surface area (Å²) in [5.41, 5.74) is 0.0960. The van der Waals surface area contributed by atoms with Crippen molar-refractivity contribution in [2.75, 3.05) is 6.54 Å². The van der Waals surface area contributed by atoms with Gasteiger partial charge in [0.05, 0.1) is 11.6 Å². The number of nitrogens with zero attached hydrogens (tertiary/aromatic N) is 1. The summed E-state index contributed by atoms with van der Waals surface area (Å²) in [5, 5.41) is 13.0. The molecule has 1 aromatic carbocycles. The number of hydrogen-bond donors (Lipinski definition) is 1. The van der Waals surface area contributed by atoms with Crippen molar-refractivity contribution in [2.45, 2.75) is 31.1 Å². The number of alkyl halides is 3. The van der Waals surface area contributed by atoms with Crippen LogP contribution in [-0.2, 0) is 11.0 Å². The van der Waals surface area contributed by atoms with Gasteiger partial charge in [-0.2, -0.15) is 24.5 Å². The molecule has 2 heterocycles. The first-order chi connectivity index (χ1) is 11.4. The van der Waals surface area contributed by atoms with Crippen LogP contribution in [0.3, 0.4) is 0 Å². The van der Waals surface area contributed by atoms with Crippen LogP contribution in [0, 0.1) is 0 Å². The fourth-order valence-electron chi connectivity index (χ4n) is 3.34. The van der Waals surface area contributed by atoms with Crippen molar-refractivity contribution in [1.82, 2.24) is 4.90 Å². The number of benzene rings is 1. The van der Waals surface area contributed by atoms with Crippen molar-refractivity contribution in [3.05, 3.63) is 57.8 Å². The lowest BCUT2D eigenvalue weighted by Gasteiger charge is -2.32. The Morgan fingerprint density at radius 3 is 2.67 bits per heavy atom. The lowest BCUT2D eigenvalue weighted by molar-refractivity contribution is -0.143. The van der Waals surface area contributed by atoms with E-state index in [-0.39, 0.29) is 5.56 Å². The molecule has 1 aromatic heterocycles. The second kappa shape index (κ2) is 6.57. The number of thiophene rings is 1. The van der Waals surface area contributed by atoms with Crippen LogP contribution in [0.1, 0.15) is 35.6 Å². The van der Waals surface area contributed by atoms with Gasteiger partial charge in [0.25, 0.3) is 0 Å². The molecule has 1 aliphatic rings. The van der Waals surface area contributed by atoms with Gasteiger partial charge in [-0.1, -0.05) is 18.2 Å². The first-order valence-electron chi connectivity index (χ1n) is 7.56. The van der Waals surface area contributed by atoms with Crippen LogP contribution in [0.5, 0.6) is 0 Å². The van der Waals surface area contributed by atoms with Gasteiger partial charge in [-0.05, 0) is 46.9 Å². The molecule has 7 heteroatoms. The number of halogens is 3. The third-order valence-electron chi connectivity index (χ3n) is 4.33. The van der Waals surface area contributed by atoms with Crippen molar-refractivity contribution >= 4 is 17.3 Å². The fraction of sp³-hybridized carbons (Fsp3) is 0.353. The molecule has 1 fully saturated rings. The Morgan fingerprint density at radius 2 is 2.04 bits per heavy atom. The number of carboxylic acids is 1. The van der Waals surface area contributed by atoms with E-state index in [4.69, 9.17) is 0 Å². The van der Waals surface area contributed by atoms with E-state index in [2.05, 4.69) is 0 Å². The lowest BCUT2D eigenvalue weighted by Crippen LogP contribution is -2.39. The van der Waals surface area contributed by atoms with Crippen molar-refractivity contribution in [1.29, 1.82) is 0 Å². The number of likely N-dealkylation sites (tertiary alicyclic amines) is 1. The fourth-order valence-corrected chi connectivity index (χ4v) is 4.02. The second-order valence-corrected chi connectivity index (χ2v) is 6.56. The summed E-state index contributed by atoms with van der Waals surface area (Å²) in [6.07, 6.45) is -3.38. The molecule has 0 spiro atoms. The Kier molecular flexibility index (Phi) is 4.64. The van der Waals surface area contributed by atoms with Gasteiger partial charge in [0.15, 0.2) is 0 Å². The molecule has 3 nitrogen and oxygen atoms in total. The van der Waals surface area contributed by atoms with Crippen LogP contribution in [0.25, 0.3) is 0 Å². The quantitative estimate of drug-likeness (QED) is 0.883. The summed E-state index contributed by atoms with van der Waals surface area (Å²) in [6.45, 7) is 0.462. The Labute approximate surface area is 141 Å². The van der Waals surface area contributed by atoms with Crippen LogP contribution < -0.4 is 0 Å². The summed E-state index contributed by atoms with van der Waals surface area (Å²) >= 11 is 1.39. The third kappa shape index (κ3) is 3.18. The maximum atomic E-state index is 13.5. The SMILES string of the molecule is O=C(O)C1CCCN1C(c1ccsc1)c1ccccc1C(F)(F)F. The van der Waals surface area contributed by atoms with Crippen LogP contribution >= 0.6 is 11.3 Å². The zero-order valence-corrected chi connectivity index (χ0v) is 13.5. The molecular formula is C17H16F3NO2S. The van der Waals surface area contributed by atoms with Gasteiger partial charge in [0.2, 0.25) is 0 Å². The summed E-state index contributed by atoms with van der Waals surface area (Å²) < 4.78 is 40.4. The number of carbonyl (C=O) groups is 1. The van der Waals surface area contributed by atoms with E-state index in [0.29, 0.717) is 24.9 Å². The summed E-state index contributed by atoms with van der Waals surface area (Å²) in [4.78, 5) is 13.2. The normalized spacial score (nSPS) is 20.2. The maximum absolute atomic E-state index is 13.5. The van der Waals surface area contributed by atoms with Gasteiger partial charge in [-0.3, -0.25) is 9.69 Å². The Morgan fingerprint density at radius 1 is 1.29 bits per heavy atom. The molecule has 0 amide bonds. The highest BCUT2D eigenvalue weighted by Crippen LogP contribution is 2.41. The van der Waals surface area contributed by atoms with E-state index in [0.717, 1.165) is 6.07 Å². The number of carboxylic acid groups (broad SMARTS) is 1. The van der Waals surface area contributed by atoms with Crippen LogP contribution in [-0.4, -0.2) is 28.6 Å². The van der Waals surface area contributed by atoms with Crippen molar-refractivity contribution in [3.8, 4) is 0 Å². The average molecular weight is 355 g/mol. The van der Waals surface area contributed by atoms with Crippen LogP contribution in [0.15, 0.2) is 41.1 Å². The van der Waals surface area contributed by atoms with E-state index >= 15 is 0 Å². The maximum Gasteiger partial charge on any atom is 0.416 e. The smallest absolute Gasteiger partial charge is 0.416 e. The third-order valence-corrected chi connectivity index (χ3v) is 5.03. The molecular weight excluding hydrogens is 339 g/mol. The molecule has 1 saturated heterocycles. The van der Waals surface area contributed by atoms with Crippen LogP contribution in [0.4, 0.5) is 13.2 Å². The monoisotopic (exact) mass is 355 g/mol. The number of hydrogen-bond acceptors (Lipinski definition) is 3.